The molecule has 6 aliphatic rings. The largest absolute Gasteiger partial charge is 0.463 e. The van der Waals surface area contributed by atoms with E-state index in [2.05, 4.69) is 0 Å². The van der Waals surface area contributed by atoms with Gasteiger partial charge in [0.25, 0.3) is 0 Å². The molecule has 6 saturated carbocycles. The van der Waals surface area contributed by atoms with Crippen LogP contribution in [-0.4, -0.2) is 24.1 Å². The summed E-state index contributed by atoms with van der Waals surface area (Å²) in [6, 6.07) is 0. The minimum absolute atomic E-state index is 0.0155. The van der Waals surface area contributed by atoms with Crippen LogP contribution in [-0.2, 0) is 19.1 Å². The van der Waals surface area contributed by atoms with Crippen molar-refractivity contribution >= 4 is 11.9 Å². The van der Waals surface area contributed by atoms with Crippen molar-refractivity contribution in [1.82, 2.24) is 0 Å². The SMILES string of the molecule is CC(C)OC(=O)C12C3C4C1C1C2C3C41C(=O)OC(C)C. The lowest BCUT2D eigenvalue weighted by Gasteiger charge is -3.08. The lowest BCUT2D eigenvalue weighted by molar-refractivity contribution is -0.629. The maximum atomic E-state index is 12.4. The minimum atomic E-state index is -0.163. The van der Waals surface area contributed by atoms with Gasteiger partial charge in [-0.2, -0.15) is 0 Å². The second-order valence-corrected chi connectivity index (χ2v) is 7.93. The summed E-state index contributed by atoms with van der Waals surface area (Å²) in [5.74, 6) is 2.66. The number of hydrogen-bond donors (Lipinski definition) is 0. The van der Waals surface area contributed by atoms with Gasteiger partial charge < -0.3 is 9.47 Å². The molecule has 0 spiro atoms. The van der Waals surface area contributed by atoms with Crippen molar-refractivity contribution in [3.05, 3.63) is 0 Å². The summed E-state index contributed by atoms with van der Waals surface area (Å²) in [5.41, 5.74) is -0.325. The Labute approximate surface area is 118 Å². The van der Waals surface area contributed by atoms with Crippen LogP contribution in [0.1, 0.15) is 27.7 Å². The van der Waals surface area contributed by atoms with E-state index in [9.17, 15) is 9.59 Å². The molecule has 0 aromatic rings. The van der Waals surface area contributed by atoms with Gasteiger partial charge in [0, 0.05) is 0 Å². The van der Waals surface area contributed by atoms with Crippen LogP contribution in [0.2, 0.25) is 0 Å². The minimum Gasteiger partial charge on any atom is -0.463 e. The van der Waals surface area contributed by atoms with Gasteiger partial charge in [-0.05, 0) is 63.2 Å². The summed E-state index contributed by atoms with van der Waals surface area (Å²) in [7, 11) is 0. The molecule has 20 heavy (non-hydrogen) atoms. The van der Waals surface area contributed by atoms with Crippen LogP contribution in [0.25, 0.3) is 0 Å². The van der Waals surface area contributed by atoms with Crippen molar-refractivity contribution in [3.8, 4) is 0 Å². The lowest BCUT2D eigenvalue weighted by atomic mass is 8.92. The predicted octanol–water partition coefficient (Wildman–Crippen LogP) is 1.63. The third-order valence-corrected chi connectivity index (χ3v) is 7.02. The smallest absolute Gasteiger partial charge is 0.313 e. The maximum absolute atomic E-state index is 12.4. The molecule has 6 rings (SSSR count). The van der Waals surface area contributed by atoms with E-state index in [1.807, 2.05) is 27.7 Å². The molecule has 6 fully saturated rings. The average Bonchev–Trinajstić information content (AvgIpc) is 2.36. The van der Waals surface area contributed by atoms with Crippen LogP contribution in [0.15, 0.2) is 0 Å². The molecule has 0 unspecified atom stereocenters. The first-order valence-electron chi connectivity index (χ1n) is 7.83. The number of ether oxygens (including phenoxy) is 2. The quantitative estimate of drug-likeness (QED) is 0.732. The van der Waals surface area contributed by atoms with Crippen molar-refractivity contribution in [3.63, 3.8) is 0 Å². The number of esters is 2. The monoisotopic (exact) mass is 276 g/mol. The summed E-state index contributed by atoms with van der Waals surface area (Å²) < 4.78 is 10.9. The van der Waals surface area contributed by atoms with Gasteiger partial charge in [-0.25, -0.2) is 0 Å². The molecule has 4 heteroatoms. The Kier molecular flexibility index (Phi) is 1.62. The van der Waals surface area contributed by atoms with Crippen molar-refractivity contribution in [2.75, 3.05) is 0 Å². The Balaban J connectivity index is 1.37. The number of carbonyl (C=O) groups excluding carboxylic acids is 2. The van der Waals surface area contributed by atoms with Gasteiger partial charge >= 0.3 is 11.9 Å². The zero-order valence-electron chi connectivity index (χ0n) is 12.3. The van der Waals surface area contributed by atoms with Crippen molar-refractivity contribution in [2.45, 2.75) is 39.9 Å². The molecule has 4 nitrogen and oxygen atoms in total. The molecule has 0 saturated heterocycles. The molecule has 0 radical (unpaired) electrons. The standard InChI is InChI=1S/C16H20O4/c1-5(2)19-13(17)15-7-10-8(15)12-9(15)11(7)16(10,12)14(18)20-6(3)4/h5-12H,1-4H3. The fraction of sp³-hybridized carbons (Fsp3) is 0.875. The third-order valence-electron chi connectivity index (χ3n) is 7.02. The van der Waals surface area contributed by atoms with Crippen molar-refractivity contribution in [1.29, 1.82) is 0 Å². The molecule has 0 N–H and O–H groups in total. The molecule has 0 atom stereocenters. The number of rotatable bonds is 4. The highest BCUT2D eigenvalue weighted by Gasteiger charge is 3.13. The fourth-order valence-corrected chi connectivity index (χ4v) is 6.98. The predicted molar refractivity (Wildman–Crippen MR) is 68.3 cm³/mol. The maximum Gasteiger partial charge on any atom is 0.313 e. The highest BCUT2D eigenvalue weighted by Crippen LogP contribution is 3.10. The molecular weight excluding hydrogens is 256 g/mol. The Bertz CT molecular complexity index is 457. The van der Waals surface area contributed by atoms with E-state index in [1.54, 1.807) is 0 Å². The van der Waals surface area contributed by atoms with Crippen LogP contribution < -0.4 is 0 Å². The average molecular weight is 276 g/mol. The molecule has 0 amide bonds. The van der Waals surface area contributed by atoms with Crippen LogP contribution >= 0.6 is 0 Å². The highest BCUT2D eigenvalue weighted by atomic mass is 16.6. The topological polar surface area (TPSA) is 52.6 Å². The van der Waals surface area contributed by atoms with E-state index in [0.717, 1.165) is 0 Å². The molecule has 108 valence electrons. The zero-order valence-corrected chi connectivity index (χ0v) is 12.3. The molecule has 6 aliphatic carbocycles. The van der Waals surface area contributed by atoms with Crippen LogP contribution in [0.3, 0.4) is 0 Å². The van der Waals surface area contributed by atoms with Crippen LogP contribution in [0, 0.1) is 46.3 Å². The van der Waals surface area contributed by atoms with E-state index < -0.39 is 0 Å². The molecule has 0 aliphatic heterocycles. The van der Waals surface area contributed by atoms with E-state index in [1.165, 1.54) is 0 Å². The number of carbonyl (C=O) groups is 2. The molecule has 0 heterocycles. The normalized spacial score (nSPS) is 57.7. The molecule has 0 aromatic carbocycles. The Hall–Kier alpha value is -1.06. The van der Waals surface area contributed by atoms with E-state index >= 15 is 0 Å². The Morgan fingerprint density at radius 2 is 0.950 bits per heavy atom. The fourth-order valence-electron chi connectivity index (χ4n) is 6.98. The molecular formula is C16H20O4. The van der Waals surface area contributed by atoms with Crippen molar-refractivity contribution in [2.24, 2.45) is 46.3 Å². The zero-order chi connectivity index (χ0) is 14.2. The highest BCUT2D eigenvalue weighted by molar-refractivity contribution is 5.96. The summed E-state index contributed by atoms with van der Waals surface area (Å²) >= 11 is 0. The van der Waals surface area contributed by atoms with E-state index in [4.69, 9.17) is 9.47 Å². The number of hydrogen-bond acceptors (Lipinski definition) is 4. The third kappa shape index (κ3) is 0.691. The first-order valence-corrected chi connectivity index (χ1v) is 7.83. The van der Waals surface area contributed by atoms with Gasteiger partial charge in [0.2, 0.25) is 0 Å². The van der Waals surface area contributed by atoms with Crippen LogP contribution in [0.4, 0.5) is 0 Å². The second kappa shape index (κ2) is 2.79. The van der Waals surface area contributed by atoms with Gasteiger partial charge in [-0.1, -0.05) is 0 Å². The van der Waals surface area contributed by atoms with Gasteiger partial charge in [0.15, 0.2) is 0 Å². The van der Waals surface area contributed by atoms with Crippen LogP contribution in [0.5, 0.6) is 0 Å². The first kappa shape index (κ1) is 11.6. The Morgan fingerprint density at radius 3 is 1.15 bits per heavy atom. The summed E-state index contributed by atoms with van der Waals surface area (Å²) in [6.07, 6.45) is -0.0778. The van der Waals surface area contributed by atoms with Gasteiger partial charge in [0.05, 0.1) is 23.0 Å². The first-order chi connectivity index (χ1) is 9.41. The Morgan fingerprint density at radius 1 is 0.700 bits per heavy atom. The van der Waals surface area contributed by atoms with Gasteiger partial charge in [-0.15, -0.1) is 0 Å². The van der Waals surface area contributed by atoms with Crippen molar-refractivity contribution < 1.29 is 19.1 Å². The summed E-state index contributed by atoms with van der Waals surface area (Å²) in [4.78, 5) is 24.7. The summed E-state index contributed by atoms with van der Waals surface area (Å²) in [6.45, 7) is 7.61. The molecule has 0 aromatic heterocycles. The van der Waals surface area contributed by atoms with Gasteiger partial charge in [-0.3, -0.25) is 9.59 Å². The molecule has 0 bridgehead atoms. The van der Waals surface area contributed by atoms with E-state index in [-0.39, 0.29) is 35.0 Å². The van der Waals surface area contributed by atoms with Gasteiger partial charge in [0.1, 0.15) is 0 Å². The van der Waals surface area contributed by atoms with E-state index in [0.29, 0.717) is 35.5 Å². The lowest BCUT2D eigenvalue weighted by Crippen LogP contribution is -3.12. The second-order valence-electron chi connectivity index (χ2n) is 7.93. The summed E-state index contributed by atoms with van der Waals surface area (Å²) in [5, 5.41) is 0.